The third kappa shape index (κ3) is 3.73. The van der Waals surface area contributed by atoms with Crippen molar-refractivity contribution in [3.63, 3.8) is 0 Å². The highest BCUT2D eigenvalue weighted by Crippen LogP contribution is 2.22. The number of piperazine rings is 1. The van der Waals surface area contributed by atoms with Crippen molar-refractivity contribution in [3.05, 3.63) is 52.8 Å². The van der Waals surface area contributed by atoms with Crippen LogP contribution in [0.4, 0.5) is 8.78 Å². The predicted molar refractivity (Wildman–Crippen MR) is 94.8 cm³/mol. The number of nitrogens with zero attached hydrogens (tertiary/aromatic N) is 4. The largest absolute Gasteiger partial charge is 0.338 e. The van der Waals surface area contributed by atoms with Crippen molar-refractivity contribution in [3.8, 4) is 0 Å². The Kier molecular flexibility index (Phi) is 5.29. The molecule has 2 heterocycles. The van der Waals surface area contributed by atoms with Crippen molar-refractivity contribution in [2.24, 2.45) is 0 Å². The first-order chi connectivity index (χ1) is 12.3. The molecule has 2 aromatic rings. The molecular weight excluding hydrogens is 362 g/mol. The minimum atomic E-state index is -0.843. The average Bonchev–Trinajstić information content (AvgIpc) is 3.06. The fourth-order valence-corrected chi connectivity index (χ4v) is 3.25. The van der Waals surface area contributed by atoms with Gasteiger partial charge >= 0.3 is 0 Å². The molecule has 0 N–H and O–H groups in total. The van der Waals surface area contributed by atoms with Gasteiger partial charge in [-0.15, -0.1) is 0 Å². The van der Waals surface area contributed by atoms with E-state index >= 15 is 0 Å². The normalized spacial score (nSPS) is 16.1. The molecule has 8 heteroatoms. The summed E-state index contributed by atoms with van der Waals surface area (Å²) in [6, 6.07) is 4.20. The van der Waals surface area contributed by atoms with Crippen LogP contribution in [0.2, 0.25) is 5.02 Å². The van der Waals surface area contributed by atoms with Crippen molar-refractivity contribution in [2.75, 3.05) is 26.2 Å². The van der Waals surface area contributed by atoms with Crippen LogP contribution in [0.25, 0.3) is 0 Å². The zero-order valence-corrected chi connectivity index (χ0v) is 15.5. The third-order valence-electron chi connectivity index (χ3n) is 4.73. The van der Waals surface area contributed by atoms with Gasteiger partial charge in [0.2, 0.25) is 5.91 Å². The quantitative estimate of drug-likeness (QED) is 0.816. The first-order valence-electron chi connectivity index (χ1n) is 8.44. The van der Waals surface area contributed by atoms with Crippen molar-refractivity contribution < 1.29 is 13.6 Å². The van der Waals surface area contributed by atoms with Gasteiger partial charge in [-0.1, -0.05) is 23.7 Å². The van der Waals surface area contributed by atoms with Gasteiger partial charge in [-0.3, -0.25) is 14.4 Å². The average molecular weight is 383 g/mol. The second kappa shape index (κ2) is 7.32. The fourth-order valence-electron chi connectivity index (χ4n) is 3.11. The summed E-state index contributed by atoms with van der Waals surface area (Å²) in [5, 5.41) is 4.62. The Hall–Kier alpha value is -1.99. The summed E-state index contributed by atoms with van der Waals surface area (Å²) in [5.41, 5.74) is -0.513. The molecule has 1 saturated heterocycles. The van der Waals surface area contributed by atoms with Crippen molar-refractivity contribution in [2.45, 2.75) is 25.9 Å². The summed E-state index contributed by atoms with van der Waals surface area (Å²) in [5.74, 6) is -1.69. The van der Waals surface area contributed by atoms with E-state index in [1.54, 1.807) is 35.7 Å². The van der Waals surface area contributed by atoms with Gasteiger partial charge in [0.1, 0.15) is 5.54 Å². The van der Waals surface area contributed by atoms with E-state index in [-0.39, 0.29) is 5.91 Å². The minimum absolute atomic E-state index is 0.0474. The van der Waals surface area contributed by atoms with E-state index in [1.165, 1.54) is 12.3 Å². The number of halogens is 3. The zero-order valence-electron chi connectivity index (χ0n) is 14.8. The van der Waals surface area contributed by atoms with Crippen LogP contribution in [0.5, 0.6) is 0 Å². The SMILES string of the molecule is CC(C)(C(=O)N1CCN(Cc2cccc(F)c2F)CC1)n1cc(Cl)cn1. The number of hydrogen-bond donors (Lipinski definition) is 0. The number of carbonyl (C=O) groups excluding carboxylic acids is 1. The Morgan fingerprint density at radius 2 is 1.92 bits per heavy atom. The molecule has 0 bridgehead atoms. The van der Waals surface area contributed by atoms with Crippen LogP contribution >= 0.6 is 11.6 Å². The summed E-state index contributed by atoms with van der Waals surface area (Å²) in [7, 11) is 0. The van der Waals surface area contributed by atoms with E-state index in [4.69, 9.17) is 11.6 Å². The number of rotatable bonds is 4. The summed E-state index contributed by atoms with van der Waals surface area (Å²) in [6.07, 6.45) is 3.13. The highest BCUT2D eigenvalue weighted by atomic mass is 35.5. The van der Waals surface area contributed by atoms with Gasteiger partial charge in [-0.05, 0) is 19.9 Å². The van der Waals surface area contributed by atoms with Crippen LogP contribution in [0.15, 0.2) is 30.6 Å². The molecule has 1 aromatic heterocycles. The van der Waals surface area contributed by atoms with E-state index in [9.17, 15) is 13.6 Å². The molecule has 0 saturated carbocycles. The molecule has 1 aromatic carbocycles. The minimum Gasteiger partial charge on any atom is -0.338 e. The third-order valence-corrected chi connectivity index (χ3v) is 4.93. The van der Waals surface area contributed by atoms with Crippen LogP contribution < -0.4 is 0 Å². The van der Waals surface area contributed by atoms with E-state index < -0.39 is 17.2 Å². The Bertz CT molecular complexity index is 800. The maximum absolute atomic E-state index is 13.8. The zero-order chi connectivity index (χ0) is 18.9. The van der Waals surface area contributed by atoms with Crippen LogP contribution in [0.1, 0.15) is 19.4 Å². The van der Waals surface area contributed by atoms with Gasteiger partial charge < -0.3 is 4.90 Å². The summed E-state index contributed by atoms with van der Waals surface area (Å²) >= 11 is 5.90. The van der Waals surface area contributed by atoms with E-state index in [0.717, 1.165) is 6.07 Å². The van der Waals surface area contributed by atoms with Crippen molar-refractivity contribution >= 4 is 17.5 Å². The monoisotopic (exact) mass is 382 g/mol. The maximum Gasteiger partial charge on any atom is 0.250 e. The number of hydrogen-bond acceptors (Lipinski definition) is 3. The lowest BCUT2D eigenvalue weighted by Gasteiger charge is -2.38. The number of carbonyl (C=O) groups is 1. The van der Waals surface area contributed by atoms with Gasteiger partial charge in [0.15, 0.2) is 11.6 Å². The highest BCUT2D eigenvalue weighted by molar-refractivity contribution is 6.30. The number of benzene rings is 1. The Morgan fingerprint density at radius 1 is 1.23 bits per heavy atom. The van der Waals surface area contributed by atoms with Crippen molar-refractivity contribution in [1.29, 1.82) is 0 Å². The van der Waals surface area contributed by atoms with Crippen LogP contribution in [0.3, 0.4) is 0 Å². The lowest BCUT2D eigenvalue weighted by molar-refractivity contribution is -0.141. The first-order valence-corrected chi connectivity index (χ1v) is 8.82. The van der Waals surface area contributed by atoms with Gasteiger partial charge in [0.25, 0.3) is 0 Å². The molecule has 0 atom stereocenters. The first kappa shape index (κ1) is 18.8. The number of aromatic nitrogens is 2. The Labute approximate surface area is 156 Å². The van der Waals surface area contributed by atoms with Crippen LogP contribution in [-0.4, -0.2) is 51.7 Å². The summed E-state index contributed by atoms with van der Waals surface area (Å²) in [4.78, 5) is 16.7. The molecule has 140 valence electrons. The molecule has 0 radical (unpaired) electrons. The van der Waals surface area contributed by atoms with Crippen molar-refractivity contribution in [1.82, 2.24) is 19.6 Å². The van der Waals surface area contributed by atoms with Crippen LogP contribution in [-0.2, 0) is 16.9 Å². The molecule has 0 aliphatic carbocycles. The predicted octanol–water partition coefficient (Wildman–Crippen LogP) is 2.89. The van der Waals surface area contributed by atoms with Gasteiger partial charge in [-0.2, -0.15) is 5.10 Å². The molecule has 26 heavy (non-hydrogen) atoms. The molecule has 0 unspecified atom stereocenters. The fraction of sp³-hybridized carbons (Fsp3) is 0.444. The lowest BCUT2D eigenvalue weighted by Crippen LogP contribution is -2.54. The van der Waals surface area contributed by atoms with E-state index in [0.29, 0.717) is 43.3 Å². The van der Waals surface area contributed by atoms with E-state index in [1.807, 2.05) is 4.90 Å². The molecule has 0 spiro atoms. The maximum atomic E-state index is 13.8. The standard InChI is InChI=1S/C18H21ClF2N4O/c1-18(2,25-12-14(19)10-22-25)17(26)24-8-6-23(7-9-24)11-13-4-3-5-15(20)16(13)21/h3-5,10,12H,6-9,11H2,1-2H3. The molecule has 1 amide bonds. The molecule has 3 rings (SSSR count). The summed E-state index contributed by atoms with van der Waals surface area (Å²) in [6.45, 7) is 6.15. The van der Waals surface area contributed by atoms with Gasteiger partial charge in [0.05, 0.1) is 11.2 Å². The molecule has 1 aliphatic heterocycles. The van der Waals surface area contributed by atoms with Crippen LogP contribution in [0, 0.1) is 11.6 Å². The van der Waals surface area contributed by atoms with Gasteiger partial charge in [-0.25, -0.2) is 8.78 Å². The smallest absolute Gasteiger partial charge is 0.250 e. The topological polar surface area (TPSA) is 41.4 Å². The number of amides is 1. The van der Waals surface area contributed by atoms with E-state index in [2.05, 4.69) is 5.10 Å². The second-order valence-corrected chi connectivity index (χ2v) is 7.38. The molecule has 5 nitrogen and oxygen atoms in total. The lowest BCUT2D eigenvalue weighted by atomic mass is 10.0. The van der Waals surface area contributed by atoms with Gasteiger partial charge in [0, 0.05) is 44.5 Å². The Morgan fingerprint density at radius 3 is 2.54 bits per heavy atom. The molecule has 1 fully saturated rings. The highest BCUT2D eigenvalue weighted by Gasteiger charge is 2.36. The second-order valence-electron chi connectivity index (χ2n) is 6.94. The molecule has 1 aliphatic rings. The summed E-state index contributed by atoms with van der Waals surface area (Å²) < 4.78 is 28.7. The Balaban J connectivity index is 1.61. The molecular formula is C18H21ClF2N4O.